The summed E-state index contributed by atoms with van der Waals surface area (Å²) in [6, 6.07) is 15.9. The Morgan fingerprint density at radius 3 is 2.54 bits per heavy atom. The van der Waals surface area contributed by atoms with Gasteiger partial charge in [0.2, 0.25) is 5.78 Å². The van der Waals surface area contributed by atoms with Gasteiger partial charge in [-0.25, -0.2) is 0 Å². The number of hydrogen-bond donors (Lipinski definition) is 1. The predicted molar refractivity (Wildman–Crippen MR) is 112 cm³/mol. The van der Waals surface area contributed by atoms with E-state index in [-0.39, 0.29) is 17.0 Å². The Morgan fingerprint density at radius 2 is 1.79 bits per heavy atom. The number of allylic oxidation sites excluding steroid dienone is 5. The standard InChI is InChI=1S/C24H20N2O2/c1-24(2)17-9-5-7-11-19(17)26(3)20(24)12-15-22(27)21(23(15)28)16-13-25-18-10-6-4-8-14(16)18/h4-13,27H,1-3H3/b20-12-,21-16+. The molecule has 0 aromatic heterocycles. The van der Waals surface area contributed by atoms with Crippen LogP contribution in [0.5, 0.6) is 0 Å². The van der Waals surface area contributed by atoms with Crippen LogP contribution in [-0.2, 0) is 10.2 Å². The van der Waals surface area contributed by atoms with E-state index in [1.165, 1.54) is 5.56 Å². The van der Waals surface area contributed by atoms with Gasteiger partial charge in [-0.05, 0) is 23.8 Å². The Bertz CT molecular complexity index is 1180. The summed E-state index contributed by atoms with van der Waals surface area (Å²) in [5, 5.41) is 10.7. The topological polar surface area (TPSA) is 52.9 Å². The summed E-state index contributed by atoms with van der Waals surface area (Å²) in [6.07, 6.45) is 3.50. The van der Waals surface area contributed by atoms with E-state index in [0.29, 0.717) is 16.7 Å². The Balaban J connectivity index is 1.61. The molecule has 4 nitrogen and oxygen atoms in total. The number of anilines is 1. The van der Waals surface area contributed by atoms with Crippen LogP contribution in [0.15, 0.2) is 82.2 Å². The molecule has 0 unspecified atom stereocenters. The minimum absolute atomic E-state index is 0.0517. The van der Waals surface area contributed by atoms with Crippen LogP contribution in [0.4, 0.5) is 11.4 Å². The Labute approximate surface area is 163 Å². The third kappa shape index (κ3) is 2.06. The molecule has 0 fully saturated rings. The van der Waals surface area contributed by atoms with Gasteiger partial charge in [-0.1, -0.05) is 50.2 Å². The van der Waals surface area contributed by atoms with Crippen LogP contribution < -0.4 is 4.90 Å². The van der Waals surface area contributed by atoms with Crippen molar-refractivity contribution in [3.05, 3.63) is 88.3 Å². The minimum Gasteiger partial charge on any atom is -0.506 e. The first-order chi connectivity index (χ1) is 13.4. The third-order valence-corrected chi connectivity index (χ3v) is 5.98. The number of para-hydroxylation sites is 2. The van der Waals surface area contributed by atoms with Gasteiger partial charge in [0.15, 0.2) is 0 Å². The molecule has 5 rings (SSSR count). The van der Waals surface area contributed by atoms with E-state index >= 15 is 0 Å². The van der Waals surface area contributed by atoms with E-state index in [1.54, 1.807) is 6.21 Å². The van der Waals surface area contributed by atoms with E-state index in [2.05, 4.69) is 35.9 Å². The first kappa shape index (κ1) is 16.8. The number of aliphatic hydroxyl groups is 1. The largest absolute Gasteiger partial charge is 0.506 e. The number of fused-ring (bicyclic) bond motifs is 2. The monoisotopic (exact) mass is 368 g/mol. The summed E-state index contributed by atoms with van der Waals surface area (Å²) in [6.45, 7) is 4.28. The molecule has 0 atom stereocenters. The summed E-state index contributed by atoms with van der Waals surface area (Å²) in [5.74, 6) is -0.0841. The van der Waals surface area contributed by atoms with Crippen molar-refractivity contribution in [2.75, 3.05) is 11.9 Å². The van der Waals surface area contributed by atoms with Gasteiger partial charge >= 0.3 is 0 Å². The van der Waals surface area contributed by atoms with Crippen molar-refractivity contribution in [2.45, 2.75) is 19.3 Å². The first-order valence-electron chi connectivity index (χ1n) is 9.32. The molecule has 3 aliphatic rings. The lowest BCUT2D eigenvalue weighted by Crippen LogP contribution is -2.27. The van der Waals surface area contributed by atoms with Crippen LogP contribution in [0, 0.1) is 0 Å². The number of carbonyl (C=O) groups is 1. The highest BCUT2D eigenvalue weighted by atomic mass is 16.3. The predicted octanol–water partition coefficient (Wildman–Crippen LogP) is 4.86. The summed E-state index contributed by atoms with van der Waals surface area (Å²) >= 11 is 0. The van der Waals surface area contributed by atoms with Crippen LogP contribution >= 0.6 is 0 Å². The molecule has 4 heteroatoms. The second-order valence-electron chi connectivity index (χ2n) is 7.89. The van der Waals surface area contributed by atoms with Gasteiger partial charge in [-0.3, -0.25) is 9.79 Å². The summed E-state index contributed by atoms with van der Waals surface area (Å²) in [7, 11) is 2.00. The molecule has 0 spiro atoms. The summed E-state index contributed by atoms with van der Waals surface area (Å²) in [5.41, 5.74) is 6.21. The zero-order valence-corrected chi connectivity index (χ0v) is 16.0. The van der Waals surface area contributed by atoms with Crippen molar-refractivity contribution < 1.29 is 9.90 Å². The number of nitrogens with zero attached hydrogens (tertiary/aromatic N) is 2. The lowest BCUT2D eigenvalue weighted by Gasteiger charge is -2.27. The molecule has 138 valence electrons. The van der Waals surface area contributed by atoms with Crippen molar-refractivity contribution >= 4 is 28.9 Å². The fraction of sp³-hybridized carbons (Fsp3) is 0.167. The molecule has 0 saturated carbocycles. The Kier molecular flexibility index (Phi) is 3.32. The van der Waals surface area contributed by atoms with Crippen LogP contribution in [0.3, 0.4) is 0 Å². The fourth-order valence-electron chi connectivity index (χ4n) is 4.42. The number of aliphatic hydroxyl groups excluding tert-OH is 1. The van der Waals surface area contributed by atoms with E-state index < -0.39 is 0 Å². The van der Waals surface area contributed by atoms with Gasteiger partial charge in [0.25, 0.3) is 0 Å². The number of Topliss-reactive ketones (excluding diaryl/α,β-unsaturated/α-hetero) is 1. The summed E-state index contributed by atoms with van der Waals surface area (Å²) in [4.78, 5) is 19.4. The lowest BCUT2D eigenvalue weighted by atomic mass is 9.79. The van der Waals surface area contributed by atoms with Gasteiger partial charge < -0.3 is 10.0 Å². The molecule has 2 aromatic carbocycles. The minimum atomic E-state index is -0.247. The van der Waals surface area contributed by atoms with Gasteiger partial charge in [0.05, 0.1) is 16.8 Å². The second-order valence-corrected chi connectivity index (χ2v) is 7.89. The smallest absolute Gasteiger partial charge is 0.201 e. The number of hydrogen-bond acceptors (Lipinski definition) is 4. The van der Waals surface area contributed by atoms with Crippen molar-refractivity contribution in [3.8, 4) is 0 Å². The van der Waals surface area contributed by atoms with Gasteiger partial charge in [0, 0.05) is 41.2 Å². The third-order valence-electron chi connectivity index (χ3n) is 5.98. The van der Waals surface area contributed by atoms with Crippen molar-refractivity contribution in [2.24, 2.45) is 4.99 Å². The highest BCUT2D eigenvalue weighted by molar-refractivity contribution is 6.33. The van der Waals surface area contributed by atoms with Crippen LogP contribution in [0.25, 0.3) is 5.57 Å². The second kappa shape index (κ2) is 5.55. The number of ketones is 1. The van der Waals surface area contributed by atoms with Crippen molar-refractivity contribution in [1.29, 1.82) is 0 Å². The molecule has 0 radical (unpaired) electrons. The number of carbonyl (C=O) groups excluding carboxylic acids is 1. The van der Waals surface area contributed by atoms with E-state index in [1.807, 2.05) is 49.5 Å². The van der Waals surface area contributed by atoms with Crippen LogP contribution in [0.1, 0.15) is 25.0 Å². The van der Waals surface area contributed by atoms with E-state index in [4.69, 9.17) is 0 Å². The molecular formula is C24H20N2O2. The van der Waals surface area contributed by atoms with Crippen LogP contribution in [-0.4, -0.2) is 24.2 Å². The fourth-order valence-corrected chi connectivity index (χ4v) is 4.42. The molecule has 1 aliphatic carbocycles. The molecule has 1 N–H and O–H groups in total. The molecule has 0 bridgehead atoms. The van der Waals surface area contributed by atoms with Gasteiger partial charge in [-0.15, -0.1) is 0 Å². The maximum atomic E-state index is 12.9. The van der Waals surface area contributed by atoms with E-state index in [0.717, 1.165) is 22.6 Å². The Hall–Kier alpha value is -3.40. The number of aliphatic imine (C=N–C) groups is 1. The zero-order valence-electron chi connectivity index (χ0n) is 16.0. The van der Waals surface area contributed by atoms with E-state index in [9.17, 15) is 9.90 Å². The first-order valence-corrected chi connectivity index (χ1v) is 9.32. The van der Waals surface area contributed by atoms with Crippen LogP contribution in [0.2, 0.25) is 0 Å². The number of rotatable bonds is 1. The van der Waals surface area contributed by atoms with Gasteiger partial charge in [-0.2, -0.15) is 0 Å². The molecule has 0 amide bonds. The molecular weight excluding hydrogens is 348 g/mol. The average molecular weight is 368 g/mol. The normalized spacial score (nSPS) is 23.3. The molecule has 2 aliphatic heterocycles. The number of likely N-dealkylation sites (N-methyl/N-ethyl adjacent to an activating group) is 1. The highest BCUT2D eigenvalue weighted by Gasteiger charge is 2.42. The van der Waals surface area contributed by atoms with Gasteiger partial charge in [0.1, 0.15) is 5.76 Å². The molecule has 28 heavy (non-hydrogen) atoms. The maximum Gasteiger partial charge on any atom is 0.201 e. The van der Waals surface area contributed by atoms with Crippen molar-refractivity contribution in [1.82, 2.24) is 0 Å². The highest BCUT2D eigenvalue weighted by Crippen LogP contribution is 2.48. The molecule has 2 aromatic rings. The zero-order chi connectivity index (χ0) is 19.6. The summed E-state index contributed by atoms with van der Waals surface area (Å²) < 4.78 is 0. The maximum absolute atomic E-state index is 12.9. The quantitative estimate of drug-likeness (QED) is 0.731. The Morgan fingerprint density at radius 1 is 1.07 bits per heavy atom. The number of benzene rings is 2. The molecule has 0 saturated heterocycles. The van der Waals surface area contributed by atoms with Crippen molar-refractivity contribution in [3.63, 3.8) is 0 Å². The molecule has 2 heterocycles. The lowest BCUT2D eigenvalue weighted by molar-refractivity contribution is -0.113. The average Bonchev–Trinajstić information content (AvgIpc) is 3.19. The SMILES string of the molecule is CN1/C(=C\C2=C(O)C(=C3/C=Nc4ccccc43)/C2=O)C(C)(C)c2ccccc21.